The lowest BCUT2D eigenvalue weighted by molar-refractivity contribution is 0.0997. The van der Waals surface area contributed by atoms with Gasteiger partial charge in [-0.1, -0.05) is 19.9 Å². The van der Waals surface area contributed by atoms with Crippen LogP contribution in [0.2, 0.25) is 0 Å². The normalized spacial score (nSPS) is 9.87. The number of amides is 1. The van der Waals surface area contributed by atoms with Gasteiger partial charge in [-0.3, -0.25) is 4.79 Å². The minimum atomic E-state index is -1.52. The van der Waals surface area contributed by atoms with E-state index in [9.17, 15) is 22.4 Å². The van der Waals surface area contributed by atoms with Crippen molar-refractivity contribution in [2.45, 2.75) is 20.8 Å². The van der Waals surface area contributed by atoms with E-state index in [0.29, 0.717) is 5.56 Å². The van der Waals surface area contributed by atoms with E-state index in [0.717, 1.165) is 6.07 Å². The molecule has 0 aliphatic rings. The Morgan fingerprint density at radius 1 is 1.00 bits per heavy atom. The van der Waals surface area contributed by atoms with Crippen LogP contribution in [0.25, 0.3) is 0 Å². The van der Waals surface area contributed by atoms with Crippen molar-refractivity contribution in [1.29, 1.82) is 0 Å². The van der Waals surface area contributed by atoms with Crippen LogP contribution >= 0.6 is 0 Å². The fourth-order valence-corrected chi connectivity index (χ4v) is 1.81. The maximum atomic E-state index is 13.8. The van der Waals surface area contributed by atoms with Gasteiger partial charge in [0.05, 0.1) is 11.4 Å². The molecule has 0 atom stereocenters. The molecule has 3 N–H and O–H groups in total. The second-order valence-corrected chi connectivity index (χ2v) is 4.38. The Bertz CT molecular complexity index is 733. The summed E-state index contributed by atoms with van der Waals surface area (Å²) in [7, 11) is 0. The Kier molecular flexibility index (Phi) is 6.12. The van der Waals surface area contributed by atoms with E-state index >= 15 is 0 Å². The zero-order valence-corrected chi connectivity index (χ0v) is 12.8. The van der Waals surface area contributed by atoms with E-state index in [4.69, 9.17) is 5.73 Å². The molecule has 2 rings (SSSR count). The van der Waals surface area contributed by atoms with Gasteiger partial charge in [-0.15, -0.1) is 0 Å². The van der Waals surface area contributed by atoms with Crippen molar-refractivity contribution in [1.82, 2.24) is 0 Å². The molecule has 0 aliphatic carbocycles. The van der Waals surface area contributed by atoms with Crippen molar-refractivity contribution in [3.8, 4) is 0 Å². The standard InChI is InChI=1S/C14H10F4N2O.C2H6/c1-6-2-3-10(7(15)4-6)20-13-11(14(19)21)8(16)5-9(17)12(13)18;1-2/h2-5,20H,1H3,(H2,19,21);1-2H3. The van der Waals surface area contributed by atoms with Crippen LogP contribution < -0.4 is 11.1 Å². The summed E-state index contributed by atoms with van der Waals surface area (Å²) >= 11 is 0. The van der Waals surface area contributed by atoms with Gasteiger partial charge in [0.1, 0.15) is 17.2 Å². The fourth-order valence-electron chi connectivity index (χ4n) is 1.81. The van der Waals surface area contributed by atoms with E-state index in [1.165, 1.54) is 12.1 Å². The summed E-state index contributed by atoms with van der Waals surface area (Å²) in [5, 5.41) is 2.17. The van der Waals surface area contributed by atoms with E-state index in [1.54, 1.807) is 6.92 Å². The number of primary amides is 1. The predicted molar refractivity (Wildman–Crippen MR) is 80.6 cm³/mol. The molecular weight excluding hydrogens is 312 g/mol. The number of rotatable bonds is 3. The highest BCUT2D eigenvalue weighted by atomic mass is 19.2. The lowest BCUT2D eigenvalue weighted by Crippen LogP contribution is -2.17. The molecule has 7 heteroatoms. The summed E-state index contributed by atoms with van der Waals surface area (Å²) in [6.45, 7) is 5.63. The summed E-state index contributed by atoms with van der Waals surface area (Å²) in [5.74, 6) is -6.45. The molecule has 0 heterocycles. The Labute approximate surface area is 131 Å². The molecule has 0 unspecified atom stereocenters. The number of hydrogen-bond acceptors (Lipinski definition) is 2. The molecule has 0 aliphatic heterocycles. The number of aryl methyl sites for hydroxylation is 1. The van der Waals surface area contributed by atoms with Gasteiger partial charge < -0.3 is 11.1 Å². The number of halogens is 4. The second-order valence-electron chi connectivity index (χ2n) is 4.38. The highest BCUT2D eigenvalue weighted by Gasteiger charge is 2.23. The number of nitrogens with two attached hydrogens (primary N) is 1. The van der Waals surface area contributed by atoms with Crippen LogP contribution in [0.15, 0.2) is 24.3 Å². The van der Waals surface area contributed by atoms with Gasteiger partial charge >= 0.3 is 0 Å². The number of anilines is 2. The summed E-state index contributed by atoms with van der Waals surface area (Å²) in [6.07, 6.45) is 0. The van der Waals surface area contributed by atoms with Crippen molar-refractivity contribution >= 4 is 17.3 Å². The van der Waals surface area contributed by atoms with E-state index < -0.39 is 40.4 Å². The minimum Gasteiger partial charge on any atom is -0.365 e. The number of carbonyl (C=O) groups is 1. The quantitative estimate of drug-likeness (QED) is 0.647. The molecule has 0 fully saturated rings. The Morgan fingerprint density at radius 3 is 2.13 bits per heavy atom. The van der Waals surface area contributed by atoms with Crippen molar-refractivity contribution in [2.24, 2.45) is 5.73 Å². The average molecular weight is 328 g/mol. The molecule has 124 valence electrons. The van der Waals surface area contributed by atoms with Crippen LogP contribution in [0.5, 0.6) is 0 Å². The summed E-state index contributed by atoms with van der Waals surface area (Å²) in [4.78, 5) is 11.2. The zero-order valence-electron chi connectivity index (χ0n) is 12.8. The largest absolute Gasteiger partial charge is 0.365 e. The smallest absolute Gasteiger partial charge is 0.253 e. The molecule has 1 amide bonds. The van der Waals surface area contributed by atoms with Gasteiger partial charge in [-0.05, 0) is 24.6 Å². The first-order chi connectivity index (χ1) is 10.8. The Morgan fingerprint density at radius 2 is 1.61 bits per heavy atom. The first kappa shape index (κ1) is 18.5. The SMILES string of the molecule is CC.Cc1ccc(Nc2c(F)c(F)cc(F)c2C(N)=O)c(F)c1. The third kappa shape index (κ3) is 4.00. The maximum absolute atomic E-state index is 13.8. The van der Waals surface area contributed by atoms with Gasteiger partial charge in [0.15, 0.2) is 11.6 Å². The molecule has 0 saturated heterocycles. The third-order valence-electron chi connectivity index (χ3n) is 2.80. The summed E-state index contributed by atoms with van der Waals surface area (Å²) in [6, 6.07) is 4.09. The molecule has 23 heavy (non-hydrogen) atoms. The summed E-state index contributed by atoms with van der Waals surface area (Å²) < 4.78 is 54.3. The lowest BCUT2D eigenvalue weighted by Gasteiger charge is -2.13. The topological polar surface area (TPSA) is 55.1 Å². The van der Waals surface area contributed by atoms with Crippen LogP contribution in [-0.4, -0.2) is 5.91 Å². The van der Waals surface area contributed by atoms with Crippen LogP contribution in [-0.2, 0) is 0 Å². The van der Waals surface area contributed by atoms with Crippen LogP contribution in [0.4, 0.5) is 28.9 Å². The predicted octanol–water partition coefficient (Wildman–Crippen LogP) is 4.42. The molecule has 3 nitrogen and oxygen atoms in total. The number of carbonyl (C=O) groups excluding carboxylic acids is 1. The first-order valence-corrected chi connectivity index (χ1v) is 6.81. The molecule has 2 aromatic rings. The van der Waals surface area contributed by atoms with Crippen LogP contribution in [0, 0.1) is 30.2 Å². The lowest BCUT2D eigenvalue weighted by atomic mass is 10.1. The van der Waals surface area contributed by atoms with Gasteiger partial charge in [0.2, 0.25) is 0 Å². The highest BCUT2D eigenvalue weighted by Crippen LogP contribution is 2.29. The maximum Gasteiger partial charge on any atom is 0.253 e. The highest BCUT2D eigenvalue weighted by molar-refractivity contribution is 5.99. The monoisotopic (exact) mass is 328 g/mol. The van der Waals surface area contributed by atoms with Crippen molar-refractivity contribution in [3.63, 3.8) is 0 Å². The molecule has 0 bridgehead atoms. The number of nitrogens with one attached hydrogen (secondary N) is 1. The van der Waals surface area contributed by atoms with Gasteiger partial charge in [0.25, 0.3) is 5.91 Å². The van der Waals surface area contributed by atoms with Crippen molar-refractivity contribution in [2.75, 3.05) is 5.32 Å². The van der Waals surface area contributed by atoms with Crippen molar-refractivity contribution < 1.29 is 22.4 Å². The molecule has 0 spiro atoms. The van der Waals surface area contributed by atoms with Crippen LogP contribution in [0.1, 0.15) is 29.8 Å². The van der Waals surface area contributed by atoms with Gasteiger partial charge in [-0.25, -0.2) is 17.6 Å². The zero-order chi connectivity index (χ0) is 17.7. The molecule has 2 aromatic carbocycles. The Hall–Kier alpha value is -2.57. The summed E-state index contributed by atoms with van der Waals surface area (Å²) in [5.41, 5.74) is 3.58. The average Bonchev–Trinajstić information content (AvgIpc) is 2.48. The van der Waals surface area contributed by atoms with Crippen LogP contribution in [0.3, 0.4) is 0 Å². The van der Waals surface area contributed by atoms with Gasteiger partial charge in [-0.2, -0.15) is 0 Å². The van der Waals surface area contributed by atoms with E-state index in [-0.39, 0.29) is 11.8 Å². The third-order valence-corrected chi connectivity index (χ3v) is 2.80. The first-order valence-electron chi connectivity index (χ1n) is 6.81. The second kappa shape index (κ2) is 7.62. The van der Waals surface area contributed by atoms with Gasteiger partial charge in [0, 0.05) is 6.07 Å². The molecule has 0 saturated carbocycles. The Balaban J connectivity index is 0.00000127. The molecular formula is C16H16F4N2O. The number of benzene rings is 2. The fraction of sp³-hybridized carbons (Fsp3) is 0.188. The minimum absolute atomic E-state index is 0.201. The molecule has 0 radical (unpaired) electrons. The molecule has 0 aromatic heterocycles. The van der Waals surface area contributed by atoms with E-state index in [2.05, 4.69) is 5.32 Å². The number of hydrogen-bond donors (Lipinski definition) is 2. The van der Waals surface area contributed by atoms with E-state index in [1.807, 2.05) is 13.8 Å². The van der Waals surface area contributed by atoms with Crippen molar-refractivity contribution in [3.05, 3.63) is 58.7 Å².